The fraction of sp³-hybridized carbons (Fsp3) is 0.250. The Labute approximate surface area is 79.4 Å². The minimum Gasteiger partial charge on any atom is -0.454 e. The van der Waals surface area contributed by atoms with Crippen LogP contribution in [0, 0.1) is 10.1 Å². The Balaban J connectivity index is 2.33. The van der Waals surface area contributed by atoms with Crippen LogP contribution in [0.1, 0.15) is 11.7 Å². The normalized spacial score (nSPS) is 15.2. The summed E-state index contributed by atoms with van der Waals surface area (Å²) in [5.74, 6) is 1.09. The topological polar surface area (TPSA) is 87.6 Å². The molecule has 0 amide bonds. The maximum Gasteiger partial charge on any atom is 0.289 e. The van der Waals surface area contributed by atoms with Gasteiger partial charge in [-0.25, -0.2) is 0 Å². The molecule has 0 saturated heterocycles. The van der Waals surface area contributed by atoms with E-state index in [4.69, 9.17) is 15.2 Å². The van der Waals surface area contributed by atoms with E-state index in [9.17, 15) is 10.1 Å². The summed E-state index contributed by atoms with van der Waals surface area (Å²) >= 11 is 0. The molecule has 0 fully saturated rings. The summed E-state index contributed by atoms with van der Waals surface area (Å²) in [5, 5.41) is 10.4. The molecular weight excluding hydrogens is 188 g/mol. The second-order valence-corrected chi connectivity index (χ2v) is 2.84. The molecule has 1 atom stereocenters. The van der Waals surface area contributed by atoms with Crippen LogP contribution in [0.25, 0.3) is 0 Å². The van der Waals surface area contributed by atoms with E-state index < -0.39 is 11.1 Å². The summed E-state index contributed by atoms with van der Waals surface area (Å²) in [6.45, 7) is 0.145. The number of hydrogen-bond acceptors (Lipinski definition) is 5. The Morgan fingerprint density at radius 2 is 2.14 bits per heavy atom. The molecule has 1 aliphatic heterocycles. The van der Waals surface area contributed by atoms with Crippen molar-refractivity contribution < 1.29 is 14.4 Å². The number of benzene rings is 1. The van der Waals surface area contributed by atoms with Crippen molar-refractivity contribution in [3.63, 3.8) is 0 Å². The molecule has 0 saturated carbocycles. The third-order valence-corrected chi connectivity index (χ3v) is 1.97. The van der Waals surface area contributed by atoms with Crippen molar-refractivity contribution in [2.75, 3.05) is 6.79 Å². The summed E-state index contributed by atoms with van der Waals surface area (Å²) in [6.07, 6.45) is -1.22. The highest BCUT2D eigenvalue weighted by molar-refractivity contribution is 5.44. The minimum atomic E-state index is -1.22. The quantitative estimate of drug-likeness (QED) is 0.426. The maximum atomic E-state index is 10.4. The molecule has 0 spiro atoms. The summed E-state index contributed by atoms with van der Waals surface area (Å²) in [7, 11) is 0. The van der Waals surface area contributed by atoms with E-state index in [1.54, 1.807) is 12.1 Å². The van der Waals surface area contributed by atoms with E-state index in [1.165, 1.54) is 6.07 Å². The number of nitrogens with zero attached hydrogens (tertiary/aromatic N) is 1. The zero-order chi connectivity index (χ0) is 10.1. The van der Waals surface area contributed by atoms with Crippen molar-refractivity contribution in [3.05, 3.63) is 33.9 Å². The summed E-state index contributed by atoms with van der Waals surface area (Å²) < 4.78 is 10.1. The van der Waals surface area contributed by atoms with E-state index in [2.05, 4.69) is 0 Å². The van der Waals surface area contributed by atoms with Gasteiger partial charge in [-0.15, -0.1) is 0 Å². The average Bonchev–Trinajstić information content (AvgIpc) is 2.62. The van der Waals surface area contributed by atoms with Crippen molar-refractivity contribution in [1.82, 2.24) is 0 Å². The Morgan fingerprint density at radius 1 is 1.43 bits per heavy atom. The second-order valence-electron chi connectivity index (χ2n) is 2.84. The van der Waals surface area contributed by atoms with E-state index in [0.717, 1.165) is 0 Å². The van der Waals surface area contributed by atoms with E-state index >= 15 is 0 Å². The molecule has 6 heteroatoms. The fourth-order valence-corrected chi connectivity index (χ4v) is 1.22. The summed E-state index contributed by atoms with van der Waals surface area (Å²) in [4.78, 5) is 9.85. The molecule has 1 aromatic rings. The van der Waals surface area contributed by atoms with Crippen LogP contribution >= 0.6 is 0 Å². The molecular formula is C8H8N2O4. The first-order valence-corrected chi connectivity index (χ1v) is 3.97. The van der Waals surface area contributed by atoms with Crippen LogP contribution in [-0.2, 0) is 0 Å². The Hall–Kier alpha value is -1.82. The van der Waals surface area contributed by atoms with Gasteiger partial charge in [0.2, 0.25) is 6.79 Å². The molecule has 74 valence electrons. The van der Waals surface area contributed by atoms with Gasteiger partial charge in [0, 0.05) is 10.5 Å². The lowest BCUT2D eigenvalue weighted by Crippen LogP contribution is -2.19. The molecule has 2 rings (SSSR count). The van der Waals surface area contributed by atoms with Gasteiger partial charge >= 0.3 is 0 Å². The highest BCUT2D eigenvalue weighted by Crippen LogP contribution is 2.33. The van der Waals surface area contributed by atoms with Crippen LogP contribution in [0.2, 0.25) is 0 Å². The lowest BCUT2D eigenvalue weighted by Gasteiger charge is -2.04. The summed E-state index contributed by atoms with van der Waals surface area (Å²) in [6, 6.07) is 4.69. The van der Waals surface area contributed by atoms with E-state index in [1.807, 2.05) is 0 Å². The van der Waals surface area contributed by atoms with Crippen LogP contribution in [0.4, 0.5) is 0 Å². The second kappa shape index (κ2) is 3.15. The van der Waals surface area contributed by atoms with Crippen molar-refractivity contribution in [2.45, 2.75) is 6.17 Å². The molecule has 0 radical (unpaired) electrons. The molecule has 1 unspecified atom stereocenters. The van der Waals surface area contributed by atoms with Gasteiger partial charge in [-0.3, -0.25) is 15.8 Å². The Bertz CT molecular complexity index is 380. The molecule has 6 nitrogen and oxygen atoms in total. The molecule has 2 N–H and O–H groups in total. The van der Waals surface area contributed by atoms with Crippen LogP contribution in [-0.4, -0.2) is 11.7 Å². The van der Waals surface area contributed by atoms with Gasteiger partial charge in [-0.2, -0.15) is 0 Å². The Morgan fingerprint density at radius 3 is 2.86 bits per heavy atom. The van der Waals surface area contributed by atoms with Gasteiger partial charge in [0.05, 0.1) is 0 Å². The number of hydrogen-bond donors (Lipinski definition) is 1. The SMILES string of the molecule is NC(c1ccc2c(c1)OCO2)[N+](=O)[O-]. The highest BCUT2D eigenvalue weighted by atomic mass is 16.7. The first kappa shape index (κ1) is 8.76. The standard InChI is InChI=1S/C8H8N2O4/c9-8(10(11)12)5-1-2-6-7(3-5)14-4-13-6/h1-3,8H,4,9H2. The van der Waals surface area contributed by atoms with Crippen molar-refractivity contribution >= 4 is 0 Å². The lowest BCUT2D eigenvalue weighted by molar-refractivity contribution is -0.527. The first-order valence-electron chi connectivity index (χ1n) is 3.97. The molecule has 14 heavy (non-hydrogen) atoms. The molecule has 0 aromatic heterocycles. The van der Waals surface area contributed by atoms with Gasteiger partial charge in [0.15, 0.2) is 11.5 Å². The van der Waals surface area contributed by atoms with Gasteiger partial charge in [-0.05, 0) is 18.2 Å². The van der Waals surface area contributed by atoms with Crippen molar-refractivity contribution in [1.29, 1.82) is 0 Å². The monoisotopic (exact) mass is 196 g/mol. The predicted octanol–water partition coefficient (Wildman–Crippen LogP) is 0.649. The smallest absolute Gasteiger partial charge is 0.289 e. The van der Waals surface area contributed by atoms with Gasteiger partial charge in [-0.1, -0.05) is 0 Å². The fourth-order valence-electron chi connectivity index (χ4n) is 1.22. The predicted molar refractivity (Wildman–Crippen MR) is 46.5 cm³/mol. The number of fused-ring (bicyclic) bond motifs is 1. The van der Waals surface area contributed by atoms with Crippen molar-refractivity contribution in [2.24, 2.45) is 5.73 Å². The van der Waals surface area contributed by atoms with Gasteiger partial charge in [0.1, 0.15) is 0 Å². The van der Waals surface area contributed by atoms with Crippen LogP contribution in [0.3, 0.4) is 0 Å². The largest absolute Gasteiger partial charge is 0.454 e. The van der Waals surface area contributed by atoms with Gasteiger partial charge in [0.25, 0.3) is 6.17 Å². The van der Waals surface area contributed by atoms with Crippen molar-refractivity contribution in [3.8, 4) is 11.5 Å². The van der Waals surface area contributed by atoms with E-state index in [-0.39, 0.29) is 6.79 Å². The highest BCUT2D eigenvalue weighted by Gasteiger charge is 2.21. The number of nitro groups is 1. The lowest BCUT2D eigenvalue weighted by atomic mass is 10.1. The minimum absolute atomic E-state index is 0.145. The molecule has 1 aliphatic rings. The number of ether oxygens (including phenoxy) is 2. The zero-order valence-electron chi connectivity index (χ0n) is 7.17. The molecule has 1 heterocycles. The number of nitrogens with two attached hydrogens (primary N) is 1. The molecule has 1 aromatic carbocycles. The molecule has 0 bridgehead atoms. The third kappa shape index (κ3) is 1.35. The Kier molecular flexibility index (Phi) is 1.97. The van der Waals surface area contributed by atoms with Crippen LogP contribution in [0.5, 0.6) is 11.5 Å². The third-order valence-electron chi connectivity index (χ3n) is 1.97. The number of rotatable bonds is 2. The van der Waals surface area contributed by atoms with Crippen LogP contribution < -0.4 is 15.2 Å². The molecule has 0 aliphatic carbocycles. The van der Waals surface area contributed by atoms with Gasteiger partial charge < -0.3 is 9.47 Å². The first-order chi connectivity index (χ1) is 6.68. The summed E-state index contributed by atoms with van der Waals surface area (Å²) in [5.41, 5.74) is 5.74. The zero-order valence-corrected chi connectivity index (χ0v) is 7.17. The van der Waals surface area contributed by atoms with E-state index in [0.29, 0.717) is 17.1 Å². The van der Waals surface area contributed by atoms with Crippen LogP contribution in [0.15, 0.2) is 18.2 Å². The average molecular weight is 196 g/mol. The maximum absolute atomic E-state index is 10.4.